The average Bonchev–Trinajstić information content (AvgIpc) is 2.38. The van der Waals surface area contributed by atoms with Crippen LogP contribution in [-0.4, -0.2) is 41.6 Å². The van der Waals surface area contributed by atoms with Crippen LogP contribution in [0, 0.1) is 11.6 Å². The van der Waals surface area contributed by atoms with E-state index >= 15 is 0 Å². The number of carbonyl (C=O) groups is 1. The van der Waals surface area contributed by atoms with Crippen LogP contribution in [0.5, 0.6) is 0 Å². The van der Waals surface area contributed by atoms with Crippen molar-refractivity contribution in [2.45, 2.75) is 6.10 Å². The smallest absolute Gasteiger partial charge is 0.260 e. The van der Waals surface area contributed by atoms with Crippen LogP contribution in [-0.2, 0) is 4.74 Å². The monoisotopic (exact) mass is 286 g/mol. The molecule has 19 heavy (non-hydrogen) atoms. The summed E-state index contributed by atoms with van der Waals surface area (Å²) in [5.41, 5.74) is 4.88. The van der Waals surface area contributed by atoms with Crippen LogP contribution < -0.4 is 5.73 Å². The summed E-state index contributed by atoms with van der Waals surface area (Å²) in [6.07, 6.45) is -0.581. The van der Waals surface area contributed by atoms with Crippen LogP contribution in [0.4, 0.5) is 8.78 Å². The van der Waals surface area contributed by atoms with E-state index in [2.05, 4.69) is 0 Å². The van der Waals surface area contributed by atoms with Gasteiger partial charge in [-0.05, 0) is 12.1 Å². The number of benzene rings is 1. The van der Waals surface area contributed by atoms with Gasteiger partial charge in [0.2, 0.25) is 0 Å². The van der Waals surface area contributed by atoms with Gasteiger partial charge >= 0.3 is 0 Å². The Bertz CT molecular complexity index is 504. The third-order valence-corrected chi connectivity index (χ3v) is 3.11. The summed E-state index contributed by atoms with van der Waals surface area (Å²) in [6.45, 7) is 0.567. The van der Waals surface area contributed by atoms with Crippen molar-refractivity contribution in [1.29, 1.82) is 0 Å². The lowest BCUT2D eigenvalue weighted by Crippen LogP contribution is -2.50. The van der Waals surface area contributed by atoms with E-state index in [-0.39, 0.29) is 24.7 Å². The lowest BCUT2D eigenvalue weighted by molar-refractivity contribution is 0.00832. The molecule has 2 N–H and O–H groups in total. The van der Waals surface area contributed by atoms with Crippen molar-refractivity contribution < 1.29 is 18.3 Å². The summed E-state index contributed by atoms with van der Waals surface area (Å²) in [6, 6.07) is 3.29. The molecule has 7 heteroatoms. The summed E-state index contributed by atoms with van der Waals surface area (Å²) < 4.78 is 32.4. The number of nitrogens with two attached hydrogens (primary N) is 1. The molecule has 0 bridgehead atoms. The van der Waals surface area contributed by atoms with Crippen molar-refractivity contribution in [3.63, 3.8) is 0 Å². The van der Waals surface area contributed by atoms with Crippen molar-refractivity contribution in [3.8, 4) is 0 Å². The molecular formula is C12H12F2N2O2S. The van der Waals surface area contributed by atoms with Crippen LogP contribution in [0.2, 0.25) is 0 Å². The second-order valence-electron chi connectivity index (χ2n) is 4.11. The lowest BCUT2D eigenvalue weighted by atomic mass is 10.1. The molecule has 1 aromatic carbocycles. The molecule has 1 heterocycles. The van der Waals surface area contributed by atoms with Gasteiger partial charge in [0.15, 0.2) is 0 Å². The van der Waals surface area contributed by atoms with Crippen molar-refractivity contribution in [3.05, 3.63) is 35.4 Å². The van der Waals surface area contributed by atoms with Crippen LogP contribution >= 0.6 is 12.2 Å². The molecule has 0 radical (unpaired) electrons. The number of hydrogen-bond donors (Lipinski definition) is 1. The van der Waals surface area contributed by atoms with Gasteiger partial charge in [-0.1, -0.05) is 18.3 Å². The highest BCUT2D eigenvalue weighted by Gasteiger charge is 2.29. The van der Waals surface area contributed by atoms with Gasteiger partial charge in [0, 0.05) is 6.54 Å². The molecule has 1 aromatic rings. The van der Waals surface area contributed by atoms with Crippen molar-refractivity contribution >= 4 is 23.1 Å². The second-order valence-corrected chi connectivity index (χ2v) is 4.58. The van der Waals surface area contributed by atoms with E-state index in [9.17, 15) is 13.6 Å². The Morgan fingerprint density at radius 3 is 2.63 bits per heavy atom. The SMILES string of the molecule is NC(=S)C1CN(C(=O)c2c(F)cccc2F)CCO1. The highest BCUT2D eigenvalue weighted by atomic mass is 32.1. The van der Waals surface area contributed by atoms with Crippen molar-refractivity contribution in [2.24, 2.45) is 5.73 Å². The number of ether oxygens (including phenoxy) is 1. The number of carbonyl (C=O) groups excluding carboxylic acids is 1. The Hall–Kier alpha value is -1.60. The maximum Gasteiger partial charge on any atom is 0.260 e. The highest BCUT2D eigenvalue weighted by molar-refractivity contribution is 7.80. The Morgan fingerprint density at radius 2 is 2.05 bits per heavy atom. The van der Waals surface area contributed by atoms with Crippen LogP contribution in [0.25, 0.3) is 0 Å². The molecule has 1 amide bonds. The van der Waals surface area contributed by atoms with E-state index in [0.29, 0.717) is 0 Å². The van der Waals surface area contributed by atoms with Gasteiger partial charge in [-0.25, -0.2) is 8.78 Å². The Labute approximate surface area is 114 Å². The van der Waals surface area contributed by atoms with Gasteiger partial charge in [-0.2, -0.15) is 0 Å². The zero-order valence-corrected chi connectivity index (χ0v) is 10.8. The zero-order chi connectivity index (χ0) is 14.0. The largest absolute Gasteiger partial charge is 0.391 e. The molecule has 2 rings (SSSR count). The molecule has 1 aliphatic rings. The molecular weight excluding hydrogens is 274 g/mol. The van der Waals surface area contributed by atoms with Crippen LogP contribution in [0.1, 0.15) is 10.4 Å². The molecule has 1 atom stereocenters. The van der Waals surface area contributed by atoms with Crippen molar-refractivity contribution in [2.75, 3.05) is 19.7 Å². The number of rotatable bonds is 2. The van der Waals surface area contributed by atoms with E-state index in [1.54, 1.807) is 0 Å². The highest BCUT2D eigenvalue weighted by Crippen LogP contribution is 2.17. The number of amides is 1. The third-order valence-electron chi connectivity index (χ3n) is 2.85. The molecule has 1 aliphatic heterocycles. The Morgan fingerprint density at radius 1 is 1.42 bits per heavy atom. The Kier molecular flexibility index (Phi) is 4.06. The maximum atomic E-state index is 13.5. The molecule has 1 saturated heterocycles. The predicted molar refractivity (Wildman–Crippen MR) is 68.8 cm³/mol. The van der Waals surface area contributed by atoms with Gasteiger partial charge in [-0.15, -0.1) is 0 Å². The lowest BCUT2D eigenvalue weighted by Gasteiger charge is -2.32. The zero-order valence-electron chi connectivity index (χ0n) is 9.94. The second kappa shape index (κ2) is 5.58. The Balaban J connectivity index is 2.22. The van der Waals surface area contributed by atoms with Gasteiger partial charge in [0.1, 0.15) is 28.3 Å². The average molecular weight is 286 g/mol. The topological polar surface area (TPSA) is 55.6 Å². The van der Waals surface area contributed by atoms with E-state index in [4.69, 9.17) is 22.7 Å². The third kappa shape index (κ3) is 2.87. The standard InChI is InChI=1S/C12H12F2N2O2S/c13-7-2-1-3-8(14)10(7)12(17)16-4-5-18-9(6-16)11(15)19/h1-3,9H,4-6H2,(H2,15,19). The van der Waals surface area contributed by atoms with E-state index < -0.39 is 29.2 Å². The molecule has 0 spiro atoms. The van der Waals surface area contributed by atoms with E-state index in [1.807, 2.05) is 0 Å². The fraction of sp³-hybridized carbons (Fsp3) is 0.333. The van der Waals surface area contributed by atoms with Gasteiger partial charge in [0.05, 0.1) is 13.2 Å². The van der Waals surface area contributed by atoms with Gasteiger partial charge in [-0.3, -0.25) is 4.79 Å². The normalized spacial score (nSPS) is 19.3. The first-order chi connectivity index (χ1) is 9.00. The summed E-state index contributed by atoms with van der Waals surface area (Å²) in [5, 5.41) is 0. The molecule has 1 fully saturated rings. The predicted octanol–water partition coefficient (Wildman–Crippen LogP) is 1.09. The van der Waals surface area contributed by atoms with Gasteiger partial charge < -0.3 is 15.4 Å². The number of hydrogen-bond acceptors (Lipinski definition) is 3. The summed E-state index contributed by atoms with van der Waals surface area (Å²) >= 11 is 4.79. The van der Waals surface area contributed by atoms with E-state index in [1.165, 1.54) is 11.0 Å². The molecule has 102 valence electrons. The minimum atomic E-state index is -0.886. The van der Waals surface area contributed by atoms with Crippen LogP contribution in [0.3, 0.4) is 0 Å². The molecule has 0 saturated carbocycles. The molecule has 0 aliphatic carbocycles. The maximum absolute atomic E-state index is 13.5. The summed E-state index contributed by atoms with van der Waals surface area (Å²) in [4.78, 5) is 13.5. The molecule has 4 nitrogen and oxygen atoms in total. The number of nitrogens with zero attached hydrogens (tertiary/aromatic N) is 1. The molecule has 0 aromatic heterocycles. The van der Waals surface area contributed by atoms with Gasteiger partial charge in [0.25, 0.3) is 5.91 Å². The number of morpholine rings is 1. The fourth-order valence-corrected chi connectivity index (χ4v) is 2.01. The van der Waals surface area contributed by atoms with Crippen LogP contribution in [0.15, 0.2) is 18.2 Å². The van der Waals surface area contributed by atoms with Crippen molar-refractivity contribution in [1.82, 2.24) is 4.90 Å². The first kappa shape index (κ1) is 13.8. The quantitative estimate of drug-likeness (QED) is 0.827. The first-order valence-corrected chi connectivity index (χ1v) is 6.05. The minimum Gasteiger partial charge on any atom is -0.391 e. The fourth-order valence-electron chi connectivity index (χ4n) is 1.87. The first-order valence-electron chi connectivity index (χ1n) is 5.65. The van der Waals surface area contributed by atoms with E-state index in [0.717, 1.165) is 12.1 Å². The molecule has 1 unspecified atom stereocenters. The number of halogens is 2. The summed E-state index contributed by atoms with van der Waals surface area (Å²) in [5.74, 6) is -2.49. The number of thiocarbonyl (C=S) groups is 1. The summed E-state index contributed by atoms with van der Waals surface area (Å²) in [7, 11) is 0. The minimum absolute atomic E-state index is 0.0991.